The number of rotatable bonds is 0. The summed E-state index contributed by atoms with van der Waals surface area (Å²) in [6.07, 6.45) is 2.85. The Morgan fingerprint density at radius 2 is 2.22 bits per heavy atom. The smallest absolute Gasteiger partial charge is 0.0662 e. The Balaban J connectivity index is 2.76. The molecule has 1 unspecified atom stereocenters. The van der Waals surface area contributed by atoms with Gasteiger partial charge in [0.1, 0.15) is 0 Å². The van der Waals surface area contributed by atoms with Crippen molar-refractivity contribution in [3.63, 3.8) is 0 Å². The summed E-state index contributed by atoms with van der Waals surface area (Å²) in [5, 5.41) is 9.38. The molecule has 9 heavy (non-hydrogen) atoms. The van der Waals surface area contributed by atoms with Crippen molar-refractivity contribution >= 4 is 0 Å². The molecule has 1 atom stereocenters. The second kappa shape index (κ2) is 1.84. The molecule has 0 saturated heterocycles. The van der Waals surface area contributed by atoms with Crippen LogP contribution in [0.3, 0.4) is 0 Å². The van der Waals surface area contributed by atoms with E-state index in [9.17, 15) is 5.11 Å². The van der Waals surface area contributed by atoms with Crippen molar-refractivity contribution in [2.75, 3.05) is 0 Å². The fourth-order valence-corrected chi connectivity index (χ4v) is 1.36. The van der Waals surface area contributed by atoms with Crippen molar-refractivity contribution in [3.05, 3.63) is 11.6 Å². The molecule has 1 aliphatic rings. The first kappa shape index (κ1) is 6.81. The van der Waals surface area contributed by atoms with E-state index >= 15 is 0 Å². The normalized spacial score (nSPS) is 32.4. The van der Waals surface area contributed by atoms with Crippen LogP contribution < -0.4 is 0 Å². The van der Waals surface area contributed by atoms with Gasteiger partial charge in [0.25, 0.3) is 0 Å². The molecule has 0 radical (unpaired) electrons. The van der Waals surface area contributed by atoms with E-state index in [2.05, 4.69) is 26.8 Å². The van der Waals surface area contributed by atoms with Crippen LogP contribution in [0.2, 0.25) is 0 Å². The first-order valence-corrected chi connectivity index (χ1v) is 3.39. The van der Waals surface area contributed by atoms with E-state index in [-0.39, 0.29) is 11.5 Å². The zero-order valence-electron chi connectivity index (χ0n) is 6.31. The summed E-state index contributed by atoms with van der Waals surface area (Å²) in [7, 11) is 0. The number of hydrogen-bond acceptors (Lipinski definition) is 1. The van der Waals surface area contributed by atoms with E-state index in [1.165, 1.54) is 5.57 Å². The van der Waals surface area contributed by atoms with Gasteiger partial charge >= 0.3 is 0 Å². The Morgan fingerprint density at radius 1 is 1.67 bits per heavy atom. The first-order chi connectivity index (χ1) is 4.02. The predicted molar refractivity (Wildman–Crippen MR) is 38.2 cm³/mol. The van der Waals surface area contributed by atoms with Crippen molar-refractivity contribution in [2.45, 2.75) is 33.3 Å². The minimum Gasteiger partial charge on any atom is -0.392 e. The maximum atomic E-state index is 9.38. The van der Waals surface area contributed by atoms with E-state index < -0.39 is 0 Å². The quantitative estimate of drug-likeness (QED) is 0.490. The monoisotopic (exact) mass is 126 g/mol. The van der Waals surface area contributed by atoms with Crippen molar-refractivity contribution < 1.29 is 5.11 Å². The molecule has 0 aromatic heterocycles. The molecule has 52 valence electrons. The molecular formula is C8H14O. The lowest BCUT2D eigenvalue weighted by molar-refractivity contribution is 0.0959. The molecular weight excluding hydrogens is 112 g/mol. The van der Waals surface area contributed by atoms with Gasteiger partial charge in [0.15, 0.2) is 0 Å². The summed E-state index contributed by atoms with van der Waals surface area (Å²) in [5.74, 6) is 0. The maximum absolute atomic E-state index is 9.38. The van der Waals surface area contributed by atoms with Gasteiger partial charge in [0, 0.05) is 5.41 Å². The second-order valence-corrected chi connectivity index (χ2v) is 3.53. The van der Waals surface area contributed by atoms with E-state index in [1.807, 2.05) is 0 Å². The van der Waals surface area contributed by atoms with Crippen LogP contribution in [0, 0.1) is 5.41 Å². The Kier molecular flexibility index (Phi) is 1.39. The summed E-state index contributed by atoms with van der Waals surface area (Å²) < 4.78 is 0. The molecule has 0 aromatic rings. The van der Waals surface area contributed by atoms with E-state index in [1.54, 1.807) is 0 Å². The number of hydrogen-bond donors (Lipinski definition) is 1. The highest BCUT2D eigenvalue weighted by atomic mass is 16.3. The molecule has 0 saturated carbocycles. The van der Waals surface area contributed by atoms with Gasteiger partial charge in [-0.2, -0.15) is 0 Å². The fourth-order valence-electron chi connectivity index (χ4n) is 1.36. The van der Waals surface area contributed by atoms with E-state index in [0.717, 1.165) is 6.42 Å². The summed E-state index contributed by atoms with van der Waals surface area (Å²) in [5.41, 5.74) is 1.33. The van der Waals surface area contributed by atoms with Gasteiger partial charge in [-0.05, 0) is 13.3 Å². The summed E-state index contributed by atoms with van der Waals surface area (Å²) in [6.45, 7) is 6.19. The highest BCUT2D eigenvalue weighted by Crippen LogP contribution is 2.34. The first-order valence-electron chi connectivity index (χ1n) is 3.39. The summed E-state index contributed by atoms with van der Waals surface area (Å²) >= 11 is 0. The van der Waals surface area contributed by atoms with Crippen LogP contribution in [0.1, 0.15) is 27.2 Å². The Morgan fingerprint density at radius 3 is 2.33 bits per heavy atom. The van der Waals surface area contributed by atoms with Crippen LogP contribution in [0.5, 0.6) is 0 Å². The second-order valence-electron chi connectivity index (χ2n) is 3.53. The third-order valence-corrected chi connectivity index (χ3v) is 1.99. The van der Waals surface area contributed by atoms with Crippen molar-refractivity contribution in [3.8, 4) is 0 Å². The maximum Gasteiger partial charge on any atom is 0.0662 e. The lowest BCUT2D eigenvalue weighted by atomic mass is 9.91. The van der Waals surface area contributed by atoms with Gasteiger partial charge < -0.3 is 5.11 Å². The van der Waals surface area contributed by atoms with E-state index in [4.69, 9.17) is 0 Å². The van der Waals surface area contributed by atoms with Crippen molar-refractivity contribution in [2.24, 2.45) is 5.41 Å². The van der Waals surface area contributed by atoms with Gasteiger partial charge in [-0.15, -0.1) is 0 Å². The predicted octanol–water partition coefficient (Wildman–Crippen LogP) is 1.72. The van der Waals surface area contributed by atoms with Crippen molar-refractivity contribution in [1.82, 2.24) is 0 Å². The lowest BCUT2D eigenvalue weighted by Gasteiger charge is -2.20. The van der Waals surface area contributed by atoms with Gasteiger partial charge in [0.2, 0.25) is 0 Å². The molecule has 0 heterocycles. The third-order valence-electron chi connectivity index (χ3n) is 1.99. The molecule has 1 rings (SSSR count). The van der Waals surface area contributed by atoms with Crippen LogP contribution in [0.4, 0.5) is 0 Å². The molecule has 1 heteroatoms. The number of aliphatic hydroxyl groups excluding tert-OH is 1. The molecule has 1 aliphatic carbocycles. The van der Waals surface area contributed by atoms with Crippen LogP contribution >= 0.6 is 0 Å². The third kappa shape index (κ3) is 1.16. The van der Waals surface area contributed by atoms with Crippen LogP contribution in [-0.4, -0.2) is 11.2 Å². The van der Waals surface area contributed by atoms with Gasteiger partial charge in [-0.1, -0.05) is 25.5 Å². The minimum atomic E-state index is -0.155. The van der Waals surface area contributed by atoms with Gasteiger partial charge in [0.05, 0.1) is 6.10 Å². The molecule has 0 fully saturated rings. The molecule has 1 N–H and O–H groups in total. The zero-order chi connectivity index (χ0) is 7.07. The average Bonchev–Trinajstić information content (AvgIpc) is 1.79. The highest BCUT2D eigenvalue weighted by molar-refractivity contribution is 5.16. The molecule has 1 nitrogen and oxygen atoms in total. The largest absolute Gasteiger partial charge is 0.392 e. The Hall–Kier alpha value is -0.300. The number of aliphatic hydroxyl groups is 1. The molecule has 0 aromatic carbocycles. The SMILES string of the molecule is CC1=CC(C)(C)C(O)C1. The minimum absolute atomic E-state index is 0.0179. The molecule has 0 spiro atoms. The molecule has 0 amide bonds. The Bertz CT molecular complexity index is 145. The van der Waals surface area contributed by atoms with Crippen molar-refractivity contribution in [1.29, 1.82) is 0 Å². The van der Waals surface area contributed by atoms with E-state index in [0.29, 0.717) is 0 Å². The average molecular weight is 126 g/mol. The van der Waals surface area contributed by atoms with Gasteiger partial charge in [-0.3, -0.25) is 0 Å². The molecule has 0 aliphatic heterocycles. The summed E-state index contributed by atoms with van der Waals surface area (Å²) in [4.78, 5) is 0. The fraction of sp³-hybridized carbons (Fsp3) is 0.750. The van der Waals surface area contributed by atoms with Gasteiger partial charge in [-0.25, -0.2) is 0 Å². The standard InChI is InChI=1S/C8H14O/c1-6-4-7(9)8(2,3)5-6/h5,7,9H,4H2,1-3H3. The topological polar surface area (TPSA) is 20.2 Å². The van der Waals surface area contributed by atoms with Crippen LogP contribution in [-0.2, 0) is 0 Å². The van der Waals surface area contributed by atoms with Crippen LogP contribution in [0.25, 0.3) is 0 Å². The summed E-state index contributed by atoms with van der Waals surface area (Å²) in [6, 6.07) is 0. The highest BCUT2D eigenvalue weighted by Gasteiger charge is 2.30. The Labute approximate surface area is 56.4 Å². The van der Waals surface area contributed by atoms with Crippen LogP contribution in [0.15, 0.2) is 11.6 Å². The molecule has 0 bridgehead atoms. The lowest BCUT2D eigenvalue weighted by Crippen LogP contribution is -2.21. The zero-order valence-corrected chi connectivity index (χ0v) is 6.31.